The molecule has 246 valence electrons. The summed E-state index contributed by atoms with van der Waals surface area (Å²) in [6.45, 7) is 5.21. The zero-order valence-electron chi connectivity index (χ0n) is 28.5. The first-order valence-corrected chi connectivity index (χ1v) is 20.2. The largest absolute Gasteiger partial charge is 0.466 e. The number of hydrogen-bond acceptors (Lipinski definition) is 3. The summed E-state index contributed by atoms with van der Waals surface area (Å²) in [5.74, 6) is 2.14. The molecule has 0 fully saturated rings. The Kier molecular flexibility index (Phi) is 37.7. The van der Waals surface area contributed by atoms with Crippen molar-refractivity contribution in [3.63, 3.8) is 0 Å². The Morgan fingerprint density at radius 2 is 0.683 bits per heavy atom. The number of hydrogen-bond donors (Lipinski definition) is 0. The Hall–Kier alpha value is -0.180. The Labute approximate surface area is 264 Å². The van der Waals surface area contributed by atoms with Crippen LogP contribution in [0.4, 0.5) is 0 Å². The third-order valence-electron chi connectivity index (χ3n) is 8.60. The summed E-state index contributed by atoms with van der Waals surface area (Å²) in [5.41, 5.74) is 0. The molecule has 0 bridgehead atoms. The Bertz CT molecular complexity index is 481. The van der Waals surface area contributed by atoms with Crippen molar-refractivity contribution in [2.75, 3.05) is 18.1 Å². The minimum Gasteiger partial charge on any atom is -0.466 e. The van der Waals surface area contributed by atoms with Gasteiger partial charge in [-0.25, -0.2) is 0 Å². The van der Waals surface area contributed by atoms with E-state index >= 15 is 0 Å². The first-order chi connectivity index (χ1) is 20.3. The van der Waals surface area contributed by atoms with Crippen LogP contribution in [-0.4, -0.2) is 24.1 Å². The topological polar surface area (TPSA) is 26.3 Å². The smallest absolute Gasteiger partial charge is 0.306 e. The highest BCUT2D eigenvalue weighted by atomic mass is 32.2. The minimum atomic E-state index is 0.00922. The average Bonchev–Trinajstić information content (AvgIpc) is 2.98. The molecular weight excluding hydrogens is 520 g/mol. The second kappa shape index (κ2) is 37.8. The van der Waals surface area contributed by atoms with Crippen molar-refractivity contribution in [2.45, 2.75) is 219 Å². The zero-order chi connectivity index (χ0) is 29.7. The quantitative estimate of drug-likeness (QED) is 0.0531. The average molecular weight is 597 g/mol. The Balaban J connectivity index is 3.14. The Morgan fingerprint density at radius 3 is 1.02 bits per heavy atom. The standard InChI is InChI=1S/C38H76O2S/c1-3-5-7-9-11-13-15-17-19-20-22-24-26-28-30-32-35-40-38(39)34-37-41-36-33-31-29-27-25-23-21-18-16-14-12-10-8-6-4-2/h3-37H2,1-2H3. The highest BCUT2D eigenvalue weighted by Crippen LogP contribution is 2.16. The molecule has 0 aliphatic carbocycles. The molecule has 41 heavy (non-hydrogen) atoms. The summed E-state index contributed by atoms with van der Waals surface area (Å²) in [4.78, 5) is 11.9. The molecule has 0 saturated carbocycles. The number of esters is 1. The van der Waals surface area contributed by atoms with Gasteiger partial charge in [-0.1, -0.05) is 200 Å². The highest BCUT2D eigenvalue weighted by molar-refractivity contribution is 7.99. The van der Waals surface area contributed by atoms with Gasteiger partial charge in [0.2, 0.25) is 0 Å². The van der Waals surface area contributed by atoms with E-state index in [-0.39, 0.29) is 5.97 Å². The number of unbranched alkanes of at least 4 members (excludes halogenated alkanes) is 29. The van der Waals surface area contributed by atoms with Crippen molar-refractivity contribution in [1.82, 2.24) is 0 Å². The van der Waals surface area contributed by atoms with E-state index in [1.165, 1.54) is 198 Å². The fourth-order valence-corrected chi connectivity index (χ4v) is 6.66. The van der Waals surface area contributed by atoms with Crippen LogP contribution >= 0.6 is 11.8 Å². The lowest BCUT2D eigenvalue weighted by Crippen LogP contribution is -2.07. The van der Waals surface area contributed by atoms with Gasteiger partial charge in [-0.2, -0.15) is 11.8 Å². The highest BCUT2D eigenvalue weighted by Gasteiger charge is 2.03. The molecule has 0 heterocycles. The molecule has 0 amide bonds. The molecule has 0 unspecified atom stereocenters. The molecule has 0 saturated heterocycles. The van der Waals surface area contributed by atoms with Crippen molar-refractivity contribution >= 4 is 17.7 Å². The molecule has 0 rings (SSSR count). The van der Waals surface area contributed by atoms with Gasteiger partial charge in [0.25, 0.3) is 0 Å². The van der Waals surface area contributed by atoms with Crippen molar-refractivity contribution in [3.05, 3.63) is 0 Å². The lowest BCUT2D eigenvalue weighted by atomic mass is 10.0. The maximum absolute atomic E-state index is 11.9. The summed E-state index contributed by atoms with van der Waals surface area (Å²) in [7, 11) is 0. The number of carbonyl (C=O) groups excluding carboxylic acids is 1. The van der Waals surface area contributed by atoms with Crippen molar-refractivity contribution in [1.29, 1.82) is 0 Å². The van der Waals surface area contributed by atoms with Gasteiger partial charge in [0.05, 0.1) is 13.0 Å². The number of carbonyl (C=O) groups is 1. The van der Waals surface area contributed by atoms with Gasteiger partial charge in [-0.05, 0) is 18.6 Å². The van der Waals surface area contributed by atoms with Gasteiger partial charge in [0.1, 0.15) is 0 Å². The first kappa shape index (κ1) is 40.8. The second-order valence-electron chi connectivity index (χ2n) is 12.8. The molecule has 0 aromatic rings. The molecule has 0 aromatic heterocycles. The minimum absolute atomic E-state index is 0.00922. The number of ether oxygens (including phenoxy) is 1. The molecule has 0 spiro atoms. The third-order valence-corrected chi connectivity index (χ3v) is 9.67. The molecule has 0 aliphatic rings. The van der Waals surface area contributed by atoms with Gasteiger partial charge in [0, 0.05) is 5.75 Å². The van der Waals surface area contributed by atoms with Gasteiger partial charge in [0.15, 0.2) is 0 Å². The van der Waals surface area contributed by atoms with E-state index < -0.39 is 0 Å². The molecular formula is C38H76O2S. The van der Waals surface area contributed by atoms with Gasteiger partial charge in [-0.3, -0.25) is 4.79 Å². The first-order valence-electron chi connectivity index (χ1n) is 19.0. The monoisotopic (exact) mass is 597 g/mol. The molecule has 0 aromatic carbocycles. The predicted octanol–water partition coefficient (Wildman–Crippen LogP) is 13.8. The Morgan fingerprint density at radius 1 is 0.390 bits per heavy atom. The predicted molar refractivity (Wildman–Crippen MR) is 187 cm³/mol. The number of rotatable bonds is 36. The van der Waals surface area contributed by atoms with Gasteiger partial charge < -0.3 is 4.74 Å². The van der Waals surface area contributed by atoms with E-state index in [2.05, 4.69) is 13.8 Å². The van der Waals surface area contributed by atoms with Crippen molar-refractivity contribution in [3.8, 4) is 0 Å². The van der Waals surface area contributed by atoms with Crippen LogP contribution in [0.3, 0.4) is 0 Å². The van der Waals surface area contributed by atoms with Gasteiger partial charge in [-0.15, -0.1) is 0 Å². The lowest BCUT2D eigenvalue weighted by molar-refractivity contribution is -0.143. The SMILES string of the molecule is CCCCCCCCCCCCCCCCCCOC(=O)CCSCCCCCCCCCCCCCCCCC. The second-order valence-corrected chi connectivity index (χ2v) is 14.1. The summed E-state index contributed by atoms with van der Waals surface area (Å²) in [6, 6.07) is 0. The molecule has 0 aliphatic heterocycles. The van der Waals surface area contributed by atoms with Crippen molar-refractivity contribution < 1.29 is 9.53 Å². The van der Waals surface area contributed by atoms with Crippen LogP contribution in [0.15, 0.2) is 0 Å². The van der Waals surface area contributed by atoms with Crippen LogP contribution < -0.4 is 0 Å². The lowest BCUT2D eigenvalue weighted by Gasteiger charge is -2.06. The van der Waals surface area contributed by atoms with Crippen molar-refractivity contribution in [2.24, 2.45) is 0 Å². The van der Waals surface area contributed by atoms with E-state index in [9.17, 15) is 4.79 Å². The van der Waals surface area contributed by atoms with Crippen LogP contribution in [0.1, 0.15) is 219 Å². The number of thioether (sulfide) groups is 1. The molecule has 0 N–H and O–H groups in total. The summed E-state index contributed by atoms with van der Waals surface area (Å²) in [5, 5.41) is 0. The van der Waals surface area contributed by atoms with Crippen LogP contribution in [-0.2, 0) is 9.53 Å². The fraction of sp³-hybridized carbons (Fsp3) is 0.974. The summed E-state index contributed by atoms with van der Waals surface area (Å²) in [6.07, 6.45) is 43.8. The van der Waals surface area contributed by atoms with E-state index in [1.54, 1.807) is 0 Å². The molecule has 2 nitrogen and oxygen atoms in total. The van der Waals surface area contributed by atoms with Gasteiger partial charge >= 0.3 is 5.97 Å². The normalized spacial score (nSPS) is 11.4. The van der Waals surface area contributed by atoms with E-state index in [4.69, 9.17) is 4.74 Å². The van der Waals surface area contributed by atoms with Crippen LogP contribution in [0, 0.1) is 0 Å². The molecule has 0 atom stereocenters. The summed E-state index contributed by atoms with van der Waals surface area (Å²) < 4.78 is 5.44. The molecule has 0 radical (unpaired) electrons. The van der Waals surface area contributed by atoms with Crippen LogP contribution in [0.25, 0.3) is 0 Å². The van der Waals surface area contributed by atoms with E-state index in [0.29, 0.717) is 13.0 Å². The third kappa shape index (κ3) is 37.8. The maximum Gasteiger partial charge on any atom is 0.306 e. The summed E-state index contributed by atoms with van der Waals surface area (Å²) >= 11 is 1.93. The van der Waals surface area contributed by atoms with Crippen LogP contribution in [0.2, 0.25) is 0 Å². The van der Waals surface area contributed by atoms with E-state index in [0.717, 1.165) is 12.2 Å². The fourth-order valence-electron chi connectivity index (χ4n) is 5.74. The molecule has 3 heteroatoms. The van der Waals surface area contributed by atoms with E-state index in [1.807, 2.05) is 11.8 Å². The maximum atomic E-state index is 11.9. The zero-order valence-corrected chi connectivity index (χ0v) is 29.3. The van der Waals surface area contributed by atoms with Crippen LogP contribution in [0.5, 0.6) is 0 Å².